The van der Waals surface area contributed by atoms with Crippen LogP contribution in [0, 0.1) is 11.3 Å². The molecule has 1 rings (SSSR count). The molecule has 1 aliphatic heterocycles. The molecule has 26 heavy (non-hydrogen) atoms. The maximum Gasteiger partial charge on any atom is 0.268 e. The van der Waals surface area contributed by atoms with Crippen molar-refractivity contribution in [1.82, 2.24) is 4.90 Å². The van der Waals surface area contributed by atoms with E-state index in [9.17, 15) is 8.78 Å². The number of hydrogen-bond donors (Lipinski definition) is 1. The zero-order valence-corrected chi connectivity index (χ0v) is 18.0. The summed E-state index contributed by atoms with van der Waals surface area (Å²) in [5.74, 6) is -2.73. The van der Waals surface area contributed by atoms with Gasteiger partial charge in [-0.1, -0.05) is 51.5 Å². The fourth-order valence-corrected chi connectivity index (χ4v) is 1.36. The van der Waals surface area contributed by atoms with Crippen LogP contribution in [0.2, 0.25) is 0 Å². The lowest BCUT2D eigenvalue weighted by molar-refractivity contribution is 0.0158. The van der Waals surface area contributed by atoms with Gasteiger partial charge in [0, 0.05) is 6.42 Å². The van der Waals surface area contributed by atoms with E-state index in [0.29, 0.717) is 0 Å². The Morgan fingerprint density at radius 1 is 1.31 bits per heavy atom. The summed E-state index contributed by atoms with van der Waals surface area (Å²) in [5, 5.41) is 8.43. The number of nitrogens with zero attached hydrogens (tertiary/aromatic N) is 2. The van der Waals surface area contributed by atoms with Crippen LogP contribution in [0.4, 0.5) is 8.78 Å². The highest BCUT2D eigenvalue weighted by atomic mass is 19.3. The number of unbranched alkanes of at least 4 members (excludes halogenated alkanes) is 1. The first kappa shape index (κ1) is 32.0. The number of nitrogens with two attached hydrogens (primary N) is 1. The number of halogens is 2. The molecule has 0 aromatic rings. The van der Waals surface area contributed by atoms with Gasteiger partial charge >= 0.3 is 0 Å². The van der Waals surface area contributed by atoms with Gasteiger partial charge in [-0.15, -0.1) is 6.58 Å². The molecule has 154 valence electrons. The summed E-state index contributed by atoms with van der Waals surface area (Å²) in [6, 6.07) is 1.09. The lowest BCUT2D eigenvalue weighted by Gasteiger charge is -2.13. The van der Waals surface area contributed by atoms with Crippen molar-refractivity contribution >= 4 is 0 Å². The molecular weight excluding hydrogens is 332 g/mol. The second kappa shape index (κ2) is 23.3. The van der Waals surface area contributed by atoms with Gasteiger partial charge in [-0.2, -0.15) is 5.26 Å². The highest BCUT2D eigenvalue weighted by molar-refractivity contribution is 5.05. The van der Waals surface area contributed by atoms with E-state index in [1.165, 1.54) is 29.5 Å². The molecule has 1 saturated heterocycles. The van der Waals surface area contributed by atoms with Gasteiger partial charge < -0.3 is 10.6 Å². The van der Waals surface area contributed by atoms with Gasteiger partial charge in [0.15, 0.2) is 0 Å². The van der Waals surface area contributed by atoms with E-state index < -0.39 is 12.0 Å². The van der Waals surface area contributed by atoms with Crippen LogP contribution in [0.1, 0.15) is 67.7 Å². The Kier molecular flexibility index (Phi) is 28.8. The van der Waals surface area contributed by atoms with Crippen LogP contribution in [-0.2, 0) is 0 Å². The van der Waals surface area contributed by atoms with Gasteiger partial charge in [0.25, 0.3) is 5.92 Å². The van der Waals surface area contributed by atoms with E-state index in [4.69, 9.17) is 11.0 Å². The van der Waals surface area contributed by atoms with Crippen LogP contribution in [0.5, 0.6) is 0 Å². The first-order chi connectivity index (χ1) is 12.2. The molecule has 0 bridgehead atoms. The molecule has 3 nitrogen and oxygen atoms in total. The van der Waals surface area contributed by atoms with E-state index in [-0.39, 0.29) is 13.0 Å². The van der Waals surface area contributed by atoms with Crippen LogP contribution in [0.15, 0.2) is 37.1 Å². The Morgan fingerprint density at radius 3 is 1.88 bits per heavy atom. The van der Waals surface area contributed by atoms with Gasteiger partial charge in [-0.3, -0.25) is 0 Å². The summed E-state index contributed by atoms with van der Waals surface area (Å²) < 4.78 is 25.2. The number of hydrogen-bond acceptors (Lipinski definition) is 3. The average molecular weight is 374 g/mol. The number of likely N-dealkylation sites (tertiary alicyclic amines) is 1. The molecule has 0 aromatic heterocycles. The zero-order valence-electron chi connectivity index (χ0n) is 18.0. The summed E-state index contributed by atoms with van der Waals surface area (Å²) >= 11 is 0. The van der Waals surface area contributed by atoms with Gasteiger partial charge in [0.05, 0.1) is 12.6 Å². The molecule has 0 radical (unpaired) electrons. The molecule has 0 saturated carbocycles. The predicted octanol–water partition coefficient (Wildman–Crippen LogP) is 6.30. The molecule has 1 unspecified atom stereocenters. The Morgan fingerprint density at radius 2 is 1.73 bits per heavy atom. The third kappa shape index (κ3) is 24.6. The molecule has 1 atom stereocenters. The molecule has 1 aliphatic rings. The van der Waals surface area contributed by atoms with E-state index >= 15 is 0 Å². The third-order valence-corrected chi connectivity index (χ3v) is 2.82. The normalized spacial score (nSPS) is 15.6. The van der Waals surface area contributed by atoms with Crippen LogP contribution >= 0.6 is 0 Å². The molecule has 1 heterocycles. The minimum absolute atomic E-state index is 0.379. The standard InChI is InChI=1S/C7H8F2N2.C5H10.C4H11N.C3H6.C2H6/c1-2-11-5-7(8,9)3-6(11)4-10;1-4-5(2)3;1-2-3-4-5;1-3-2;1-2/h2,6H,1,3,5H2;4H,1-3H3;2-5H2,1H3;3H,1H2,2H3;1-2H3. The SMILES string of the molecule is C=CC.C=CN1CC(F)(F)CC1C#N.CC.CC=C(C)C.CCCCN. The predicted molar refractivity (Wildman–Crippen MR) is 112 cm³/mol. The van der Waals surface area contributed by atoms with Crippen LogP contribution < -0.4 is 5.73 Å². The number of rotatable bonds is 3. The van der Waals surface area contributed by atoms with Crippen LogP contribution in [0.3, 0.4) is 0 Å². The molecule has 5 heteroatoms. The summed E-state index contributed by atoms with van der Waals surface area (Å²) in [4.78, 5) is 1.26. The van der Waals surface area contributed by atoms with Crippen LogP contribution in [-0.4, -0.2) is 30.0 Å². The number of nitriles is 1. The van der Waals surface area contributed by atoms with Crippen molar-refractivity contribution in [3.8, 4) is 6.07 Å². The monoisotopic (exact) mass is 373 g/mol. The van der Waals surface area contributed by atoms with Gasteiger partial charge in [0.2, 0.25) is 0 Å². The molecule has 0 aromatic carbocycles. The fraction of sp³-hybridized carbons (Fsp3) is 0.667. The highest BCUT2D eigenvalue weighted by Gasteiger charge is 2.43. The molecule has 0 amide bonds. The lowest BCUT2D eigenvalue weighted by atomic mass is 10.2. The Labute approximate surface area is 161 Å². The second-order valence-electron chi connectivity index (χ2n) is 5.48. The summed E-state index contributed by atoms with van der Waals surface area (Å²) in [6.45, 7) is 21.4. The van der Waals surface area contributed by atoms with Crippen molar-refractivity contribution < 1.29 is 8.78 Å². The Bertz CT molecular complexity index is 379. The lowest BCUT2D eigenvalue weighted by Crippen LogP contribution is -2.23. The molecule has 1 fully saturated rings. The van der Waals surface area contributed by atoms with Crippen molar-refractivity contribution in [2.75, 3.05) is 13.1 Å². The van der Waals surface area contributed by atoms with E-state index in [1.807, 2.05) is 27.7 Å². The Hall–Kier alpha value is -1.67. The summed E-state index contributed by atoms with van der Waals surface area (Å²) in [6.07, 6.45) is 7.13. The smallest absolute Gasteiger partial charge is 0.268 e. The zero-order chi connectivity index (χ0) is 21.6. The van der Waals surface area contributed by atoms with Crippen LogP contribution in [0.25, 0.3) is 0 Å². The highest BCUT2D eigenvalue weighted by Crippen LogP contribution is 2.31. The van der Waals surface area contributed by atoms with Gasteiger partial charge in [-0.05, 0) is 46.9 Å². The second-order valence-corrected chi connectivity index (χ2v) is 5.48. The summed E-state index contributed by atoms with van der Waals surface area (Å²) in [7, 11) is 0. The largest absolute Gasteiger partial charge is 0.356 e. The van der Waals surface area contributed by atoms with E-state index in [0.717, 1.165) is 6.54 Å². The van der Waals surface area contributed by atoms with Gasteiger partial charge in [0.1, 0.15) is 6.04 Å². The molecule has 2 N–H and O–H groups in total. The summed E-state index contributed by atoms with van der Waals surface area (Å²) in [5.41, 5.74) is 6.52. The average Bonchev–Trinajstić information content (AvgIpc) is 2.93. The number of alkyl halides is 2. The maximum absolute atomic E-state index is 12.6. The molecule has 0 spiro atoms. The minimum atomic E-state index is -2.73. The minimum Gasteiger partial charge on any atom is -0.356 e. The topological polar surface area (TPSA) is 53.0 Å². The van der Waals surface area contributed by atoms with Crippen molar-refractivity contribution in [3.05, 3.63) is 37.1 Å². The quantitative estimate of drug-likeness (QED) is 0.591. The van der Waals surface area contributed by atoms with Crippen molar-refractivity contribution in [3.63, 3.8) is 0 Å². The van der Waals surface area contributed by atoms with E-state index in [2.05, 4.69) is 40.0 Å². The van der Waals surface area contributed by atoms with E-state index in [1.54, 1.807) is 12.1 Å². The fourth-order valence-electron chi connectivity index (χ4n) is 1.36. The van der Waals surface area contributed by atoms with Crippen molar-refractivity contribution in [2.24, 2.45) is 5.73 Å². The first-order valence-electron chi connectivity index (χ1n) is 9.21. The number of allylic oxidation sites excluding steroid dienone is 3. The first-order valence-corrected chi connectivity index (χ1v) is 9.21. The van der Waals surface area contributed by atoms with Crippen molar-refractivity contribution in [2.45, 2.75) is 79.7 Å². The third-order valence-electron chi connectivity index (χ3n) is 2.82. The maximum atomic E-state index is 12.6. The van der Waals surface area contributed by atoms with Gasteiger partial charge in [-0.25, -0.2) is 8.78 Å². The van der Waals surface area contributed by atoms with Crippen molar-refractivity contribution in [1.29, 1.82) is 5.26 Å². The molecule has 0 aliphatic carbocycles. The Balaban J connectivity index is -0.000000137. The molecular formula is C21H41F2N3.